The molecule has 2 aliphatic rings. The maximum absolute atomic E-state index is 13.4. The van der Waals surface area contributed by atoms with Gasteiger partial charge in [-0.25, -0.2) is 14.4 Å². The summed E-state index contributed by atoms with van der Waals surface area (Å²) < 4.78 is 17.0. The molecule has 18 heteroatoms. The predicted molar refractivity (Wildman–Crippen MR) is 189 cm³/mol. The highest BCUT2D eigenvalue weighted by atomic mass is 16.6. The van der Waals surface area contributed by atoms with E-state index in [9.17, 15) is 75.3 Å². The zero-order chi connectivity index (χ0) is 41.0. The molecule has 6 rings (SSSR count). The van der Waals surface area contributed by atoms with Crippen LogP contribution in [0.1, 0.15) is 51.6 Å². The molecule has 294 valence electrons. The van der Waals surface area contributed by atoms with Crippen LogP contribution in [0.15, 0.2) is 53.3 Å². The summed E-state index contributed by atoms with van der Waals surface area (Å²) >= 11 is 0. The number of fused-ring (bicyclic) bond motifs is 2. The smallest absolute Gasteiger partial charge is 0.338 e. The largest absolute Gasteiger partial charge is 0.508 e. The molecule has 11 N–H and O–H groups in total. The minimum atomic E-state index is -2.53. The number of benzene rings is 3. The number of aliphatic hydroxyl groups excluding tert-OH is 2. The Morgan fingerprint density at radius 2 is 1.52 bits per heavy atom. The first-order chi connectivity index (χ1) is 26.3. The first-order valence-corrected chi connectivity index (χ1v) is 16.7. The summed E-state index contributed by atoms with van der Waals surface area (Å²) in [5, 5.41) is 113. The third-order valence-electron chi connectivity index (χ3n) is 9.63. The number of phenolic OH excluding ortho intramolecular Hbond substituents is 6. The molecule has 0 bridgehead atoms. The van der Waals surface area contributed by atoms with E-state index in [0.717, 1.165) is 42.5 Å². The van der Waals surface area contributed by atoms with Gasteiger partial charge in [-0.1, -0.05) is 0 Å². The van der Waals surface area contributed by atoms with Gasteiger partial charge in [0.2, 0.25) is 5.43 Å². The number of hydrogen-bond donors (Lipinski definition) is 11. The summed E-state index contributed by atoms with van der Waals surface area (Å²) in [4.78, 5) is 51.3. The second-order valence-electron chi connectivity index (χ2n) is 13.5. The van der Waals surface area contributed by atoms with Gasteiger partial charge >= 0.3 is 17.9 Å². The normalized spacial score (nSPS) is 23.2. The molecule has 1 heterocycles. The average Bonchev–Trinajstić information content (AvgIpc) is 3.25. The number of carboxylic acid groups (broad SMARTS) is 1. The van der Waals surface area contributed by atoms with Crippen LogP contribution >= 0.6 is 0 Å². The SMILES string of the molecule is Cc1cc(C(=O)O[C@@H]2Cc3c(O)cc(O)cc3O[C@@H]2c2cc(=O)c(O)c3c(O)c(O)cc(/C=C/C(=O)OC4CC(O)(C(=O)O)CC(O)C4O)c3c2)cc(O)c1O. The predicted octanol–water partition coefficient (Wildman–Crippen LogP) is 1.61. The second-order valence-corrected chi connectivity index (χ2v) is 13.5. The van der Waals surface area contributed by atoms with Gasteiger partial charge in [-0.3, -0.25) is 4.79 Å². The van der Waals surface area contributed by atoms with Gasteiger partial charge < -0.3 is 70.4 Å². The van der Waals surface area contributed by atoms with Gasteiger partial charge in [0.25, 0.3) is 0 Å². The van der Waals surface area contributed by atoms with Crippen LogP contribution in [0.3, 0.4) is 0 Å². The Hall–Kier alpha value is -6.76. The van der Waals surface area contributed by atoms with E-state index in [0.29, 0.717) is 0 Å². The van der Waals surface area contributed by atoms with Gasteiger partial charge in [0.15, 0.2) is 40.5 Å². The van der Waals surface area contributed by atoms with E-state index in [2.05, 4.69) is 0 Å². The van der Waals surface area contributed by atoms with Crippen LogP contribution in [0.4, 0.5) is 0 Å². The fraction of sp³-hybridized carbons (Fsp3) is 0.263. The minimum absolute atomic E-state index is 0.0824. The molecule has 4 aromatic carbocycles. The number of carbonyl (C=O) groups is 3. The lowest BCUT2D eigenvalue weighted by atomic mass is 9.79. The first kappa shape index (κ1) is 38.9. The van der Waals surface area contributed by atoms with Crippen LogP contribution in [0.25, 0.3) is 16.8 Å². The van der Waals surface area contributed by atoms with Gasteiger partial charge in [-0.15, -0.1) is 0 Å². The number of phenols is 6. The lowest BCUT2D eigenvalue weighted by Gasteiger charge is -2.39. The Balaban J connectivity index is 1.44. The summed E-state index contributed by atoms with van der Waals surface area (Å²) in [5.74, 6) is -8.96. The van der Waals surface area contributed by atoms with E-state index >= 15 is 0 Å². The van der Waals surface area contributed by atoms with Crippen LogP contribution in [-0.2, 0) is 25.5 Å². The van der Waals surface area contributed by atoms with E-state index in [4.69, 9.17) is 14.2 Å². The molecule has 6 atom stereocenters. The molecule has 18 nitrogen and oxygen atoms in total. The fourth-order valence-electron chi connectivity index (χ4n) is 6.74. The number of ether oxygens (including phenoxy) is 3. The van der Waals surface area contributed by atoms with Crippen molar-refractivity contribution in [3.8, 4) is 46.0 Å². The van der Waals surface area contributed by atoms with E-state index in [1.165, 1.54) is 19.1 Å². The number of aryl methyl sites for hydroxylation is 1. The highest BCUT2D eigenvalue weighted by Crippen LogP contribution is 2.45. The van der Waals surface area contributed by atoms with Crippen LogP contribution in [-0.4, -0.2) is 104 Å². The van der Waals surface area contributed by atoms with E-state index in [1.54, 1.807) is 0 Å². The lowest BCUT2D eigenvalue weighted by molar-refractivity contribution is -0.196. The number of hydrogen-bond acceptors (Lipinski definition) is 17. The maximum Gasteiger partial charge on any atom is 0.338 e. The van der Waals surface area contributed by atoms with E-state index in [1.807, 2.05) is 0 Å². The van der Waals surface area contributed by atoms with Gasteiger partial charge in [0.1, 0.15) is 35.6 Å². The number of carbonyl (C=O) groups excluding carboxylic acids is 2. The molecule has 0 saturated heterocycles. The zero-order valence-corrected chi connectivity index (χ0v) is 29.0. The van der Waals surface area contributed by atoms with Crippen molar-refractivity contribution in [2.75, 3.05) is 0 Å². The Labute approximate surface area is 314 Å². The highest BCUT2D eigenvalue weighted by Gasteiger charge is 2.50. The molecule has 0 radical (unpaired) electrons. The molecule has 1 saturated carbocycles. The van der Waals surface area contributed by atoms with Crippen LogP contribution in [0.2, 0.25) is 0 Å². The van der Waals surface area contributed by atoms with Crippen molar-refractivity contribution in [1.29, 1.82) is 0 Å². The molecular formula is C38H34O18. The van der Waals surface area contributed by atoms with Gasteiger partial charge in [0.05, 0.1) is 17.1 Å². The second kappa shape index (κ2) is 14.5. The third kappa shape index (κ3) is 7.22. The fourth-order valence-corrected chi connectivity index (χ4v) is 6.74. The monoisotopic (exact) mass is 778 g/mol. The summed E-state index contributed by atoms with van der Waals surface area (Å²) in [6, 6.07) is 7.30. The molecule has 0 amide bonds. The van der Waals surface area contributed by atoms with E-state index in [-0.39, 0.29) is 45.4 Å². The summed E-state index contributed by atoms with van der Waals surface area (Å²) in [6.45, 7) is 1.41. The molecule has 1 aliphatic carbocycles. The molecule has 1 fully saturated rings. The van der Waals surface area contributed by atoms with Crippen LogP contribution in [0.5, 0.6) is 46.0 Å². The first-order valence-electron chi connectivity index (χ1n) is 16.7. The van der Waals surface area contributed by atoms with Gasteiger partial charge in [0, 0.05) is 48.6 Å². The number of aliphatic carboxylic acids is 1. The summed E-state index contributed by atoms with van der Waals surface area (Å²) in [5.41, 5.74) is -3.97. The number of esters is 2. The third-order valence-corrected chi connectivity index (χ3v) is 9.63. The minimum Gasteiger partial charge on any atom is -0.508 e. The number of aliphatic hydroxyl groups is 3. The van der Waals surface area contributed by atoms with Crippen molar-refractivity contribution in [2.24, 2.45) is 0 Å². The zero-order valence-electron chi connectivity index (χ0n) is 29.0. The molecule has 0 aromatic heterocycles. The maximum atomic E-state index is 13.4. The summed E-state index contributed by atoms with van der Waals surface area (Å²) in [7, 11) is 0. The Bertz CT molecular complexity index is 2360. The Kier molecular flexibility index (Phi) is 10.1. The van der Waals surface area contributed by atoms with Crippen molar-refractivity contribution >= 4 is 34.8 Å². The summed E-state index contributed by atoms with van der Waals surface area (Å²) in [6.07, 6.45) is -8.18. The van der Waals surface area contributed by atoms with Crippen molar-refractivity contribution < 1.29 is 84.8 Å². The number of rotatable bonds is 7. The van der Waals surface area contributed by atoms with Crippen molar-refractivity contribution in [3.05, 3.63) is 86.6 Å². The van der Waals surface area contributed by atoms with Gasteiger partial charge in [-0.05, 0) is 59.8 Å². The number of carboxylic acids is 1. The molecule has 4 aromatic rings. The molecule has 56 heavy (non-hydrogen) atoms. The quantitative estimate of drug-likeness (QED) is 0.0721. The molecule has 0 spiro atoms. The highest BCUT2D eigenvalue weighted by molar-refractivity contribution is 6.02. The van der Waals surface area contributed by atoms with Crippen molar-refractivity contribution in [1.82, 2.24) is 0 Å². The van der Waals surface area contributed by atoms with Crippen LogP contribution < -0.4 is 10.2 Å². The van der Waals surface area contributed by atoms with Gasteiger partial charge in [-0.2, -0.15) is 0 Å². The molecular weight excluding hydrogens is 744 g/mol. The topological polar surface area (TPSA) is 318 Å². The molecule has 1 aliphatic heterocycles. The van der Waals surface area contributed by atoms with Crippen molar-refractivity contribution in [3.63, 3.8) is 0 Å². The van der Waals surface area contributed by atoms with Crippen LogP contribution in [0, 0.1) is 6.92 Å². The Morgan fingerprint density at radius 1 is 0.821 bits per heavy atom. The standard InChI is InChI=1S/C38H34O18/c1-14-4-17(8-22(41)31(14)46)36(50)56-27-11-20-21(40)9-18(39)10-26(20)55-35(27)16-5-19-15(6-23(42)33(48)30(19)34(49)24(43)7-16)2-3-29(45)54-28-13-38(53,37(51)52)12-25(44)32(28)47/h2-10,25,27-28,32,35,39-42,44,46-48,53H,11-13H2,1H3,(H,43,49)(H,51,52)/b3-2+/t25?,27-,28?,32?,35-,38?/m1/s1. The molecule has 4 unspecified atom stereocenters. The Morgan fingerprint density at radius 3 is 2.20 bits per heavy atom. The van der Waals surface area contributed by atoms with E-state index < -0.39 is 118 Å². The van der Waals surface area contributed by atoms with Crippen molar-refractivity contribution in [2.45, 2.75) is 62.3 Å². The number of aromatic hydroxyl groups is 7. The average molecular weight is 779 g/mol. The lowest BCUT2D eigenvalue weighted by Crippen LogP contribution is -2.57.